The van der Waals surface area contributed by atoms with Crippen LogP contribution in [0.15, 0.2) is 43.6 Å². The third-order valence-corrected chi connectivity index (χ3v) is 5.73. The van der Waals surface area contributed by atoms with Crippen LogP contribution in [0.2, 0.25) is 0 Å². The monoisotopic (exact) mass is 415 g/mol. The zero-order valence-electron chi connectivity index (χ0n) is 18.4. The Kier molecular flexibility index (Phi) is 5.86. The van der Waals surface area contributed by atoms with Crippen molar-refractivity contribution in [2.24, 2.45) is 0 Å². The smallest absolute Gasteiger partial charge is 0.129 e. The molecule has 7 heteroatoms. The van der Waals surface area contributed by atoms with E-state index in [-0.39, 0.29) is 0 Å². The van der Waals surface area contributed by atoms with Gasteiger partial charge in [0.05, 0.1) is 23.3 Å². The summed E-state index contributed by atoms with van der Waals surface area (Å²) in [6.45, 7) is 18.4. The lowest BCUT2D eigenvalue weighted by Gasteiger charge is -2.28. The van der Waals surface area contributed by atoms with Crippen molar-refractivity contribution >= 4 is 22.8 Å². The Labute approximate surface area is 183 Å². The third kappa shape index (κ3) is 4.36. The zero-order valence-corrected chi connectivity index (χ0v) is 18.4. The van der Waals surface area contributed by atoms with E-state index >= 15 is 0 Å². The van der Waals surface area contributed by atoms with Gasteiger partial charge in [-0.3, -0.25) is 10.1 Å². The van der Waals surface area contributed by atoms with Crippen LogP contribution in [0.4, 0.5) is 11.5 Å². The fourth-order valence-corrected chi connectivity index (χ4v) is 3.72. The minimum atomic E-state index is 0.725. The van der Waals surface area contributed by atoms with Crippen LogP contribution in [-0.4, -0.2) is 46.3 Å². The van der Waals surface area contributed by atoms with Crippen LogP contribution in [0.3, 0.4) is 0 Å². The fourth-order valence-electron chi connectivity index (χ4n) is 3.72. The number of aromatic nitrogens is 4. The maximum absolute atomic E-state index is 4.89. The zero-order chi connectivity index (χ0) is 22.0. The predicted molar refractivity (Wildman–Crippen MR) is 127 cm³/mol. The maximum atomic E-state index is 4.89. The average Bonchev–Trinajstić information content (AvgIpc) is 3.13. The Morgan fingerprint density at radius 2 is 1.90 bits per heavy atom. The molecule has 1 saturated heterocycles. The van der Waals surface area contributed by atoms with Gasteiger partial charge in [0.2, 0.25) is 0 Å². The van der Waals surface area contributed by atoms with Gasteiger partial charge in [0.1, 0.15) is 11.5 Å². The van der Waals surface area contributed by atoms with E-state index in [4.69, 9.17) is 4.98 Å². The molecular formula is C24H29N7. The lowest BCUT2D eigenvalue weighted by molar-refractivity contribution is 0.585. The van der Waals surface area contributed by atoms with Gasteiger partial charge >= 0.3 is 0 Å². The topological polar surface area (TPSA) is 81.8 Å². The summed E-state index contributed by atoms with van der Waals surface area (Å²) in [6, 6.07) is 8.15. The summed E-state index contributed by atoms with van der Waals surface area (Å²) in [4.78, 5) is 11.8. The van der Waals surface area contributed by atoms with Crippen LogP contribution in [0.5, 0.6) is 0 Å². The van der Waals surface area contributed by atoms with E-state index in [1.807, 2.05) is 39.0 Å². The molecule has 0 aromatic carbocycles. The van der Waals surface area contributed by atoms with E-state index in [0.717, 1.165) is 82.9 Å². The number of aryl methyl sites for hydroxylation is 2. The van der Waals surface area contributed by atoms with Crippen LogP contribution in [0.1, 0.15) is 33.9 Å². The van der Waals surface area contributed by atoms with Gasteiger partial charge in [0, 0.05) is 48.7 Å². The second kappa shape index (κ2) is 8.73. The maximum Gasteiger partial charge on any atom is 0.129 e. The van der Waals surface area contributed by atoms with E-state index in [2.05, 4.69) is 49.9 Å². The molecule has 0 spiro atoms. The molecule has 1 aliphatic heterocycles. The number of pyridine rings is 2. The van der Waals surface area contributed by atoms with Crippen molar-refractivity contribution in [1.82, 2.24) is 25.5 Å². The van der Waals surface area contributed by atoms with Gasteiger partial charge < -0.3 is 15.5 Å². The lowest BCUT2D eigenvalue weighted by Crippen LogP contribution is -2.43. The first-order valence-corrected chi connectivity index (χ1v) is 10.5. The van der Waals surface area contributed by atoms with Gasteiger partial charge in [-0.15, -0.1) is 0 Å². The number of nitrogens with zero attached hydrogens (tertiary/aromatic N) is 4. The van der Waals surface area contributed by atoms with Crippen molar-refractivity contribution in [3.63, 3.8) is 0 Å². The van der Waals surface area contributed by atoms with Gasteiger partial charge in [-0.1, -0.05) is 19.2 Å². The first-order valence-electron chi connectivity index (χ1n) is 10.5. The molecular weight excluding hydrogens is 386 g/mol. The Hall–Kier alpha value is -3.45. The molecule has 0 radical (unpaired) electrons. The SMILES string of the molecule is C=C(c1cccc(N2CCNCC2)n1)c1cc(NC(=C)c2n[nH]c(C)c2C)cnc1C. The second-order valence-electron chi connectivity index (χ2n) is 7.88. The molecule has 0 amide bonds. The number of rotatable bonds is 6. The van der Waals surface area contributed by atoms with Crippen molar-refractivity contribution in [2.75, 3.05) is 36.4 Å². The van der Waals surface area contributed by atoms with E-state index in [0.29, 0.717) is 0 Å². The third-order valence-electron chi connectivity index (χ3n) is 5.73. The van der Waals surface area contributed by atoms with Crippen molar-refractivity contribution < 1.29 is 0 Å². The number of piperazine rings is 1. The first kappa shape index (κ1) is 20.8. The van der Waals surface area contributed by atoms with Crippen molar-refractivity contribution in [1.29, 1.82) is 0 Å². The number of aromatic amines is 1. The van der Waals surface area contributed by atoms with Crippen molar-refractivity contribution in [3.05, 3.63) is 77.5 Å². The van der Waals surface area contributed by atoms with Crippen LogP contribution in [0, 0.1) is 20.8 Å². The molecule has 31 heavy (non-hydrogen) atoms. The summed E-state index contributed by atoms with van der Waals surface area (Å²) in [6.07, 6.45) is 1.80. The van der Waals surface area contributed by atoms with E-state index in [1.54, 1.807) is 6.20 Å². The van der Waals surface area contributed by atoms with Crippen LogP contribution >= 0.6 is 0 Å². The van der Waals surface area contributed by atoms with Gasteiger partial charge in [0.25, 0.3) is 0 Å². The highest BCUT2D eigenvalue weighted by molar-refractivity contribution is 5.81. The number of hydrogen-bond acceptors (Lipinski definition) is 6. The molecule has 0 unspecified atom stereocenters. The molecule has 0 atom stereocenters. The molecule has 160 valence electrons. The number of H-pyrrole nitrogens is 1. The Morgan fingerprint density at radius 1 is 1.13 bits per heavy atom. The summed E-state index contributed by atoms with van der Waals surface area (Å²) >= 11 is 0. The average molecular weight is 416 g/mol. The molecule has 0 aliphatic carbocycles. The van der Waals surface area contributed by atoms with Gasteiger partial charge in [-0.2, -0.15) is 5.10 Å². The minimum absolute atomic E-state index is 0.725. The first-order chi connectivity index (χ1) is 14.9. The van der Waals surface area contributed by atoms with E-state index in [1.165, 1.54) is 0 Å². The Balaban J connectivity index is 1.57. The highest BCUT2D eigenvalue weighted by Crippen LogP contribution is 2.28. The molecule has 3 N–H and O–H groups in total. The summed E-state index contributed by atoms with van der Waals surface area (Å²) in [5, 5.41) is 14.1. The summed E-state index contributed by atoms with van der Waals surface area (Å²) < 4.78 is 0. The predicted octanol–water partition coefficient (Wildman–Crippen LogP) is 3.68. The molecule has 0 bridgehead atoms. The van der Waals surface area contributed by atoms with E-state index < -0.39 is 0 Å². The highest BCUT2D eigenvalue weighted by Gasteiger charge is 2.15. The molecule has 1 aliphatic rings. The van der Waals surface area contributed by atoms with Crippen LogP contribution < -0.4 is 15.5 Å². The lowest BCUT2D eigenvalue weighted by atomic mass is 10.0. The normalized spacial score (nSPS) is 13.8. The Bertz CT molecular complexity index is 1120. The summed E-state index contributed by atoms with van der Waals surface area (Å²) in [5.41, 5.74) is 8.07. The van der Waals surface area contributed by atoms with Crippen molar-refractivity contribution in [3.8, 4) is 0 Å². The van der Waals surface area contributed by atoms with Crippen molar-refractivity contribution in [2.45, 2.75) is 20.8 Å². The van der Waals surface area contributed by atoms with E-state index in [9.17, 15) is 0 Å². The fraction of sp³-hybridized carbons (Fsp3) is 0.292. The molecule has 3 aromatic rings. The van der Waals surface area contributed by atoms with Crippen LogP contribution in [0.25, 0.3) is 11.3 Å². The molecule has 4 heterocycles. The molecule has 3 aromatic heterocycles. The summed E-state index contributed by atoms with van der Waals surface area (Å²) in [7, 11) is 0. The van der Waals surface area contributed by atoms with Crippen LogP contribution in [-0.2, 0) is 0 Å². The van der Waals surface area contributed by atoms with Gasteiger partial charge in [-0.25, -0.2) is 4.98 Å². The van der Waals surface area contributed by atoms with Gasteiger partial charge in [0.15, 0.2) is 0 Å². The quantitative estimate of drug-likeness (QED) is 0.570. The second-order valence-corrected chi connectivity index (χ2v) is 7.88. The number of hydrogen-bond donors (Lipinski definition) is 3. The molecule has 7 nitrogen and oxygen atoms in total. The Morgan fingerprint density at radius 3 is 2.61 bits per heavy atom. The number of anilines is 2. The molecule has 0 saturated carbocycles. The van der Waals surface area contributed by atoms with Gasteiger partial charge in [-0.05, 0) is 44.5 Å². The largest absolute Gasteiger partial charge is 0.354 e. The minimum Gasteiger partial charge on any atom is -0.354 e. The number of nitrogens with one attached hydrogen (secondary N) is 3. The standard InChI is InChI=1S/C24H29N7/c1-15-17(3)29-30-24(15)19(5)27-20-13-21(18(4)26-14-20)16(2)22-7-6-8-23(28-22)31-11-9-25-10-12-31/h6-8,13-14,25,27H,2,5,9-12H2,1,3-4H3,(H,29,30). The molecule has 1 fully saturated rings. The highest BCUT2D eigenvalue weighted by atomic mass is 15.2. The molecule has 4 rings (SSSR count). The summed E-state index contributed by atoms with van der Waals surface area (Å²) in [5.74, 6) is 0.984.